The van der Waals surface area contributed by atoms with Crippen molar-refractivity contribution in [2.75, 3.05) is 13.1 Å². The van der Waals surface area contributed by atoms with Gasteiger partial charge in [0.1, 0.15) is 17.7 Å². The fourth-order valence-corrected chi connectivity index (χ4v) is 5.27. The fourth-order valence-electron chi connectivity index (χ4n) is 5.27. The van der Waals surface area contributed by atoms with Gasteiger partial charge in [-0.3, -0.25) is 24.5 Å². The monoisotopic (exact) mass is 488 g/mol. The minimum absolute atomic E-state index is 0.0154. The molecule has 1 saturated heterocycles. The van der Waals surface area contributed by atoms with Crippen molar-refractivity contribution < 1.29 is 18.4 Å². The third-order valence-corrected chi connectivity index (χ3v) is 6.98. The van der Waals surface area contributed by atoms with E-state index in [1.165, 1.54) is 6.07 Å². The standard InChI is InChI=1S/C28H26F2N4O2/c29-22-4-1-5-23(30)25(22)27(28(31)36)34-12-2-3-17(16-34)13-24(35)19-6-7-20-15-33-26(21(20)14-19)18-8-10-32-11-9-18/h1,4-11,14,17,27H,2-3,12-13,15-16H2,(H2,31,36)/t17-,27?/m0/s1. The van der Waals surface area contributed by atoms with Gasteiger partial charge in [0, 0.05) is 42.0 Å². The molecule has 2 atom stereocenters. The van der Waals surface area contributed by atoms with Gasteiger partial charge in [-0.25, -0.2) is 8.78 Å². The quantitative estimate of drug-likeness (QED) is 0.505. The highest BCUT2D eigenvalue weighted by atomic mass is 19.1. The number of nitrogens with zero attached hydrogens (tertiary/aromatic N) is 3. The van der Waals surface area contributed by atoms with E-state index in [9.17, 15) is 18.4 Å². The number of carbonyl (C=O) groups is 2. The molecule has 1 unspecified atom stereocenters. The number of aliphatic imine (C=N–C) groups is 1. The maximum Gasteiger partial charge on any atom is 0.239 e. The number of pyridine rings is 1. The molecule has 0 radical (unpaired) electrons. The van der Waals surface area contributed by atoms with E-state index in [1.54, 1.807) is 17.3 Å². The van der Waals surface area contributed by atoms with E-state index >= 15 is 0 Å². The molecule has 2 aliphatic heterocycles. The number of aromatic nitrogens is 1. The Balaban J connectivity index is 1.33. The molecule has 184 valence electrons. The van der Waals surface area contributed by atoms with Crippen molar-refractivity contribution in [2.45, 2.75) is 31.8 Å². The van der Waals surface area contributed by atoms with Crippen molar-refractivity contribution in [1.29, 1.82) is 0 Å². The van der Waals surface area contributed by atoms with Crippen LogP contribution in [0.25, 0.3) is 0 Å². The van der Waals surface area contributed by atoms with E-state index in [0.29, 0.717) is 31.6 Å². The molecule has 8 heteroatoms. The number of carbonyl (C=O) groups excluding carboxylic acids is 2. The highest BCUT2D eigenvalue weighted by Gasteiger charge is 2.35. The Morgan fingerprint density at radius 1 is 1.08 bits per heavy atom. The molecule has 2 aromatic carbocycles. The van der Waals surface area contributed by atoms with Crippen LogP contribution in [0.4, 0.5) is 8.78 Å². The second-order valence-corrected chi connectivity index (χ2v) is 9.34. The highest BCUT2D eigenvalue weighted by Crippen LogP contribution is 2.32. The number of nitrogens with two attached hydrogens (primary N) is 1. The van der Waals surface area contributed by atoms with E-state index in [1.807, 2.05) is 30.3 Å². The Bertz CT molecular complexity index is 1320. The van der Waals surface area contributed by atoms with Crippen molar-refractivity contribution in [3.05, 3.63) is 100 Å². The lowest BCUT2D eigenvalue weighted by Crippen LogP contribution is -2.44. The van der Waals surface area contributed by atoms with Gasteiger partial charge in [-0.1, -0.05) is 18.2 Å². The summed E-state index contributed by atoms with van der Waals surface area (Å²) in [7, 11) is 0. The average molecular weight is 489 g/mol. The normalized spacial score (nSPS) is 18.4. The maximum atomic E-state index is 14.5. The number of rotatable bonds is 7. The van der Waals surface area contributed by atoms with Crippen LogP contribution < -0.4 is 5.73 Å². The van der Waals surface area contributed by atoms with Crippen LogP contribution in [-0.4, -0.2) is 40.4 Å². The van der Waals surface area contributed by atoms with Gasteiger partial charge in [0.15, 0.2) is 5.78 Å². The lowest BCUT2D eigenvalue weighted by atomic mass is 9.88. The summed E-state index contributed by atoms with van der Waals surface area (Å²) in [5, 5.41) is 0. The Hall–Kier alpha value is -3.78. The minimum Gasteiger partial charge on any atom is -0.368 e. The zero-order chi connectivity index (χ0) is 25.2. The first-order valence-corrected chi connectivity index (χ1v) is 12.0. The van der Waals surface area contributed by atoms with E-state index in [0.717, 1.165) is 41.0 Å². The summed E-state index contributed by atoms with van der Waals surface area (Å²) in [4.78, 5) is 35.9. The molecule has 3 heterocycles. The number of benzene rings is 2. The summed E-state index contributed by atoms with van der Waals surface area (Å²) in [5.74, 6) is -2.50. The number of piperidine rings is 1. The molecule has 3 aromatic rings. The molecule has 1 amide bonds. The highest BCUT2D eigenvalue weighted by molar-refractivity contribution is 6.16. The van der Waals surface area contributed by atoms with Gasteiger partial charge in [0.2, 0.25) is 5.91 Å². The third kappa shape index (κ3) is 4.68. The molecule has 2 aliphatic rings. The van der Waals surface area contributed by atoms with Crippen LogP contribution in [-0.2, 0) is 11.3 Å². The predicted molar refractivity (Wildman–Crippen MR) is 132 cm³/mol. The van der Waals surface area contributed by atoms with Crippen LogP contribution in [0.1, 0.15) is 57.9 Å². The number of amides is 1. The summed E-state index contributed by atoms with van der Waals surface area (Å²) in [6, 6.07) is 11.7. The Morgan fingerprint density at radius 2 is 1.83 bits per heavy atom. The zero-order valence-electron chi connectivity index (χ0n) is 19.7. The number of fused-ring (bicyclic) bond motifs is 1. The fraction of sp³-hybridized carbons (Fsp3) is 0.286. The Morgan fingerprint density at radius 3 is 2.56 bits per heavy atom. The van der Waals surface area contributed by atoms with Gasteiger partial charge in [-0.15, -0.1) is 0 Å². The molecule has 0 bridgehead atoms. The first kappa shape index (κ1) is 23.9. The van der Waals surface area contributed by atoms with Gasteiger partial charge in [0.05, 0.1) is 17.8 Å². The maximum absolute atomic E-state index is 14.5. The number of halogens is 2. The summed E-state index contributed by atoms with van der Waals surface area (Å²) >= 11 is 0. The predicted octanol–water partition coefficient (Wildman–Crippen LogP) is 4.22. The van der Waals surface area contributed by atoms with Crippen molar-refractivity contribution >= 4 is 17.4 Å². The van der Waals surface area contributed by atoms with Gasteiger partial charge < -0.3 is 5.73 Å². The first-order chi connectivity index (χ1) is 17.4. The lowest BCUT2D eigenvalue weighted by molar-refractivity contribution is -0.124. The lowest BCUT2D eigenvalue weighted by Gasteiger charge is -2.37. The summed E-state index contributed by atoms with van der Waals surface area (Å²) in [6.45, 7) is 1.39. The molecule has 0 spiro atoms. The molecule has 1 fully saturated rings. The third-order valence-electron chi connectivity index (χ3n) is 6.98. The van der Waals surface area contributed by atoms with Crippen LogP contribution in [0, 0.1) is 17.6 Å². The second kappa shape index (κ2) is 10.1. The molecular formula is C28H26F2N4O2. The van der Waals surface area contributed by atoms with E-state index in [-0.39, 0.29) is 23.7 Å². The number of likely N-dealkylation sites (tertiary alicyclic amines) is 1. The summed E-state index contributed by atoms with van der Waals surface area (Å²) in [5.41, 5.74) is 9.67. The summed E-state index contributed by atoms with van der Waals surface area (Å²) < 4.78 is 28.9. The van der Waals surface area contributed by atoms with E-state index in [2.05, 4.69) is 9.98 Å². The average Bonchev–Trinajstić information content (AvgIpc) is 3.30. The molecule has 2 N–H and O–H groups in total. The second-order valence-electron chi connectivity index (χ2n) is 9.34. The number of ketones is 1. The number of hydrogen-bond donors (Lipinski definition) is 1. The van der Waals surface area contributed by atoms with Crippen LogP contribution in [0.5, 0.6) is 0 Å². The number of Topliss-reactive ketones (excluding diaryl/α,β-unsaturated/α-hetero) is 1. The molecule has 5 rings (SSSR count). The zero-order valence-corrected chi connectivity index (χ0v) is 19.7. The molecule has 0 saturated carbocycles. The summed E-state index contributed by atoms with van der Waals surface area (Å²) in [6.07, 6.45) is 5.17. The molecule has 36 heavy (non-hydrogen) atoms. The number of primary amides is 1. The molecular weight excluding hydrogens is 462 g/mol. The van der Waals surface area contributed by atoms with Crippen molar-refractivity contribution in [3.63, 3.8) is 0 Å². The minimum atomic E-state index is -1.22. The van der Waals surface area contributed by atoms with E-state index < -0.39 is 23.6 Å². The first-order valence-electron chi connectivity index (χ1n) is 12.0. The van der Waals surface area contributed by atoms with Crippen LogP contribution >= 0.6 is 0 Å². The van der Waals surface area contributed by atoms with Crippen LogP contribution in [0.3, 0.4) is 0 Å². The van der Waals surface area contributed by atoms with Gasteiger partial charge in [-0.2, -0.15) is 0 Å². The number of hydrogen-bond acceptors (Lipinski definition) is 5. The van der Waals surface area contributed by atoms with Crippen molar-refractivity contribution in [2.24, 2.45) is 16.6 Å². The van der Waals surface area contributed by atoms with Crippen molar-refractivity contribution in [3.8, 4) is 0 Å². The topological polar surface area (TPSA) is 88.7 Å². The molecule has 1 aromatic heterocycles. The Labute approximate surface area is 207 Å². The van der Waals surface area contributed by atoms with Gasteiger partial charge in [-0.05, 0) is 61.2 Å². The van der Waals surface area contributed by atoms with E-state index in [4.69, 9.17) is 5.73 Å². The SMILES string of the molecule is NC(=O)C(c1c(F)cccc1F)N1CCC[C@@H](CC(=O)c2ccc3c(c2)C(c2ccncc2)=NC3)C1. The largest absolute Gasteiger partial charge is 0.368 e. The molecule has 0 aliphatic carbocycles. The van der Waals surface area contributed by atoms with Crippen molar-refractivity contribution in [1.82, 2.24) is 9.88 Å². The smallest absolute Gasteiger partial charge is 0.239 e. The van der Waals surface area contributed by atoms with Gasteiger partial charge >= 0.3 is 0 Å². The Kier molecular flexibility index (Phi) is 6.69. The van der Waals surface area contributed by atoms with Gasteiger partial charge in [0.25, 0.3) is 0 Å². The van der Waals surface area contributed by atoms with Crippen LogP contribution in [0.2, 0.25) is 0 Å². The van der Waals surface area contributed by atoms with Crippen LogP contribution in [0.15, 0.2) is 65.9 Å². The molecule has 6 nitrogen and oxygen atoms in total.